The molecule has 2 heteroatoms. The highest BCUT2D eigenvalue weighted by Gasteiger charge is 2.59. The monoisotopic (exact) mass is 484 g/mol. The molecule has 0 spiro atoms. The molecule has 0 N–H and O–H groups in total. The van der Waals surface area contributed by atoms with E-state index in [2.05, 4.69) is 79.4 Å². The molecule has 0 aliphatic heterocycles. The molecule has 9 atom stereocenters. The predicted molar refractivity (Wildman–Crippen MR) is 150 cm³/mol. The lowest BCUT2D eigenvalue weighted by atomic mass is 9.47. The Bertz CT molecular complexity index is 774. The van der Waals surface area contributed by atoms with Gasteiger partial charge in [0.05, 0.1) is 0 Å². The average molecular weight is 485 g/mol. The molecule has 4 rings (SSSR count). The second-order valence-corrected chi connectivity index (χ2v) is 19.1. The zero-order valence-corrected chi connectivity index (χ0v) is 25.1. The van der Waals surface area contributed by atoms with Gasteiger partial charge in [-0.05, 0) is 130 Å². The van der Waals surface area contributed by atoms with Gasteiger partial charge in [0.15, 0.2) is 8.32 Å². The highest BCUT2D eigenvalue weighted by molar-refractivity contribution is 6.69. The third-order valence-electron chi connectivity index (χ3n) is 11.3. The summed E-state index contributed by atoms with van der Waals surface area (Å²) in [6.45, 7) is 22.1. The Hall–Kier alpha value is -0.343. The molecule has 4 aliphatic rings. The SMILES string of the molecule is CC[C@H](/C=C/[C@@H](C)[C@H]1CC[C@H]2[C@@H]3CC=C4C[C@@H](O[Si](C)(C)C)CC[C@]4(C)[C@H]3CC[C@]12C)C(C)C. The predicted octanol–water partition coefficient (Wildman–Crippen LogP) is 9.66. The molecule has 0 saturated heterocycles. The topological polar surface area (TPSA) is 9.23 Å². The van der Waals surface area contributed by atoms with Crippen molar-refractivity contribution in [3.05, 3.63) is 23.8 Å². The first-order valence-electron chi connectivity index (χ1n) is 14.9. The number of allylic oxidation sites excluding steroid dienone is 3. The van der Waals surface area contributed by atoms with Crippen LogP contribution in [0.4, 0.5) is 0 Å². The number of hydrogen-bond donors (Lipinski definition) is 0. The zero-order chi connectivity index (χ0) is 24.9. The lowest BCUT2D eigenvalue weighted by Crippen LogP contribution is -2.51. The normalized spacial score (nSPS) is 42.2. The summed E-state index contributed by atoms with van der Waals surface area (Å²) in [4.78, 5) is 0. The summed E-state index contributed by atoms with van der Waals surface area (Å²) in [5.74, 6) is 5.86. The van der Waals surface area contributed by atoms with Gasteiger partial charge < -0.3 is 4.43 Å². The fourth-order valence-corrected chi connectivity index (χ4v) is 10.6. The Kier molecular flexibility index (Phi) is 7.73. The lowest BCUT2D eigenvalue weighted by molar-refractivity contribution is -0.0530. The Morgan fingerprint density at radius 2 is 1.74 bits per heavy atom. The van der Waals surface area contributed by atoms with Gasteiger partial charge in [-0.15, -0.1) is 0 Å². The number of hydrogen-bond acceptors (Lipinski definition) is 1. The van der Waals surface area contributed by atoms with Crippen molar-refractivity contribution in [3.8, 4) is 0 Å². The van der Waals surface area contributed by atoms with E-state index in [0.717, 1.165) is 41.4 Å². The molecule has 4 aliphatic carbocycles. The fraction of sp³-hybridized carbons (Fsp3) is 0.875. The van der Waals surface area contributed by atoms with Gasteiger partial charge in [0, 0.05) is 6.10 Å². The molecule has 0 aromatic carbocycles. The largest absolute Gasteiger partial charge is 0.414 e. The van der Waals surface area contributed by atoms with E-state index in [1.165, 1.54) is 57.8 Å². The fourth-order valence-electron chi connectivity index (χ4n) is 9.41. The number of rotatable bonds is 7. The van der Waals surface area contributed by atoms with E-state index in [0.29, 0.717) is 16.9 Å². The van der Waals surface area contributed by atoms with Crippen LogP contribution in [0.25, 0.3) is 0 Å². The van der Waals surface area contributed by atoms with Crippen molar-refractivity contribution in [3.63, 3.8) is 0 Å². The molecule has 3 saturated carbocycles. The van der Waals surface area contributed by atoms with Crippen molar-refractivity contribution in [2.24, 2.45) is 52.3 Å². The smallest absolute Gasteiger partial charge is 0.184 e. The Morgan fingerprint density at radius 1 is 1.00 bits per heavy atom. The van der Waals surface area contributed by atoms with Crippen LogP contribution in [-0.4, -0.2) is 14.4 Å². The molecule has 0 bridgehead atoms. The van der Waals surface area contributed by atoms with E-state index >= 15 is 0 Å². The molecule has 0 aromatic rings. The molecule has 0 radical (unpaired) electrons. The molecule has 34 heavy (non-hydrogen) atoms. The van der Waals surface area contributed by atoms with Crippen molar-refractivity contribution >= 4 is 8.32 Å². The van der Waals surface area contributed by atoms with Crippen LogP contribution >= 0.6 is 0 Å². The van der Waals surface area contributed by atoms with Crippen molar-refractivity contribution < 1.29 is 4.43 Å². The minimum atomic E-state index is -1.46. The highest BCUT2D eigenvalue weighted by Crippen LogP contribution is 2.67. The molecular formula is C32H56OSi. The van der Waals surface area contributed by atoms with E-state index in [-0.39, 0.29) is 0 Å². The molecule has 3 fully saturated rings. The van der Waals surface area contributed by atoms with E-state index in [9.17, 15) is 0 Å². The third kappa shape index (κ3) is 4.93. The van der Waals surface area contributed by atoms with Crippen LogP contribution in [0.5, 0.6) is 0 Å². The van der Waals surface area contributed by atoms with Crippen molar-refractivity contribution in [1.29, 1.82) is 0 Å². The van der Waals surface area contributed by atoms with Crippen LogP contribution in [0.3, 0.4) is 0 Å². The van der Waals surface area contributed by atoms with E-state index in [1.807, 2.05) is 0 Å². The standard InChI is InChI=1S/C32H56OSi/c1-10-24(22(2)3)12-11-23(4)28-15-16-29-27-14-13-25-21-26(33-34(7,8)9)17-19-31(25,5)30(27)18-20-32(28,29)6/h11-13,22-24,26-30H,10,14-21H2,1-9H3/b12-11+/t23-,24-,26+,27+,28-,29+,30+,31+,32-/m1/s1. The summed E-state index contributed by atoms with van der Waals surface area (Å²) in [5, 5.41) is 0. The van der Waals surface area contributed by atoms with Gasteiger partial charge in [0.2, 0.25) is 0 Å². The van der Waals surface area contributed by atoms with Crippen LogP contribution in [0.1, 0.15) is 99.3 Å². The van der Waals surface area contributed by atoms with Gasteiger partial charge in [-0.25, -0.2) is 0 Å². The van der Waals surface area contributed by atoms with Crippen LogP contribution in [0.2, 0.25) is 19.6 Å². The first-order chi connectivity index (χ1) is 15.9. The molecule has 0 aromatic heterocycles. The first kappa shape index (κ1) is 26.7. The van der Waals surface area contributed by atoms with E-state index < -0.39 is 8.32 Å². The Morgan fingerprint density at radius 3 is 2.38 bits per heavy atom. The van der Waals surface area contributed by atoms with Gasteiger partial charge in [-0.1, -0.05) is 65.3 Å². The van der Waals surface area contributed by atoms with Crippen molar-refractivity contribution in [1.82, 2.24) is 0 Å². The van der Waals surface area contributed by atoms with Gasteiger partial charge in [-0.2, -0.15) is 0 Å². The van der Waals surface area contributed by atoms with Gasteiger partial charge in [0.25, 0.3) is 0 Å². The summed E-state index contributed by atoms with van der Waals surface area (Å²) in [7, 11) is -1.46. The van der Waals surface area contributed by atoms with Crippen LogP contribution < -0.4 is 0 Å². The molecular weight excluding hydrogens is 428 g/mol. The first-order valence-corrected chi connectivity index (χ1v) is 18.4. The maximum absolute atomic E-state index is 6.59. The Labute approximate surface area is 213 Å². The van der Waals surface area contributed by atoms with Crippen molar-refractivity contribution in [2.75, 3.05) is 0 Å². The van der Waals surface area contributed by atoms with Gasteiger partial charge in [0.1, 0.15) is 0 Å². The Balaban J connectivity index is 1.49. The molecule has 1 nitrogen and oxygen atoms in total. The van der Waals surface area contributed by atoms with Crippen molar-refractivity contribution in [2.45, 2.75) is 125 Å². The molecule has 0 amide bonds. The van der Waals surface area contributed by atoms with Gasteiger partial charge in [-0.3, -0.25) is 0 Å². The maximum atomic E-state index is 6.59. The zero-order valence-electron chi connectivity index (χ0n) is 24.1. The maximum Gasteiger partial charge on any atom is 0.184 e. The van der Waals surface area contributed by atoms with Gasteiger partial charge >= 0.3 is 0 Å². The minimum Gasteiger partial charge on any atom is -0.414 e. The average Bonchev–Trinajstić information content (AvgIpc) is 3.10. The number of fused-ring (bicyclic) bond motifs is 5. The van der Waals surface area contributed by atoms with Crippen LogP contribution in [0.15, 0.2) is 23.8 Å². The summed E-state index contributed by atoms with van der Waals surface area (Å²) in [6, 6.07) is 0. The second kappa shape index (κ2) is 9.84. The quantitative estimate of drug-likeness (QED) is 0.258. The second-order valence-electron chi connectivity index (χ2n) is 14.6. The molecule has 194 valence electrons. The molecule has 0 unspecified atom stereocenters. The third-order valence-corrected chi connectivity index (χ3v) is 12.3. The minimum absolute atomic E-state index is 0.443. The van der Waals surface area contributed by atoms with E-state index in [1.54, 1.807) is 5.57 Å². The summed E-state index contributed by atoms with van der Waals surface area (Å²) < 4.78 is 6.59. The summed E-state index contributed by atoms with van der Waals surface area (Å²) in [6.07, 6.45) is 20.7. The van der Waals surface area contributed by atoms with Crippen LogP contribution in [-0.2, 0) is 4.43 Å². The van der Waals surface area contributed by atoms with E-state index in [4.69, 9.17) is 4.43 Å². The lowest BCUT2D eigenvalue weighted by Gasteiger charge is -2.58. The molecule has 0 heterocycles. The summed E-state index contributed by atoms with van der Waals surface area (Å²) in [5.41, 5.74) is 2.76. The van der Waals surface area contributed by atoms with Crippen LogP contribution in [0, 0.1) is 52.3 Å². The summed E-state index contributed by atoms with van der Waals surface area (Å²) >= 11 is 0. The highest BCUT2D eigenvalue weighted by atomic mass is 28.4.